The highest BCUT2D eigenvalue weighted by Crippen LogP contribution is 2.33. The topological polar surface area (TPSA) is 39.1 Å². The van der Waals surface area contributed by atoms with E-state index in [1.165, 1.54) is 23.4 Å². The van der Waals surface area contributed by atoms with Crippen molar-refractivity contribution >= 4 is 0 Å². The molecule has 0 spiro atoms. The Morgan fingerprint density at radius 3 is 3.21 bits per heavy atom. The van der Waals surface area contributed by atoms with E-state index in [4.69, 9.17) is 4.74 Å². The molecule has 4 nitrogen and oxygen atoms in total. The van der Waals surface area contributed by atoms with Crippen LogP contribution in [0.15, 0.2) is 0 Å². The van der Waals surface area contributed by atoms with Crippen LogP contribution in [0, 0.1) is 0 Å². The van der Waals surface area contributed by atoms with Gasteiger partial charge in [0, 0.05) is 32.3 Å². The second kappa shape index (κ2) is 3.07. The molecule has 3 heterocycles. The standard InChI is InChI=1S/C10H15N3O/c1-13-10(9-3-2-4-14-9)7-5-11-6-8(7)12-13/h9,11H,2-6H2,1H3. The molecule has 0 saturated carbocycles. The zero-order valence-corrected chi connectivity index (χ0v) is 8.42. The molecule has 0 radical (unpaired) electrons. The smallest absolute Gasteiger partial charge is 0.0995 e. The van der Waals surface area contributed by atoms with Crippen LogP contribution >= 0.6 is 0 Å². The van der Waals surface area contributed by atoms with Crippen LogP contribution in [0.1, 0.15) is 35.9 Å². The Hall–Kier alpha value is -0.870. The van der Waals surface area contributed by atoms with Gasteiger partial charge in [-0.2, -0.15) is 5.10 Å². The Morgan fingerprint density at radius 1 is 1.50 bits per heavy atom. The van der Waals surface area contributed by atoms with Gasteiger partial charge in [-0.25, -0.2) is 0 Å². The number of aryl methyl sites for hydroxylation is 1. The highest BCUT2D eigenvalue weighted by atomic mass is 16.5. The molecule has 76 valence electrons. The van der Waals surface area contributed by atoms with Gasteiger partial charge in [0.1, 0.15) is 0 Å². The molecule has 3 rings (SSSR count). The molecule has 2 aliphatic rings. The largest absolute Gasteiger partial charge is 0.372 e. The molecule has 1 saturated heterocycles. The third-order valence-corrected chi connectivity index (χ3v) is 3.11. The Labute approximate surface area is 83.2 Å². The summed E-state index contributed by atoms with van der Waals surface area (Å²) < 4.78 is 7.72. The number of aromatic nitrogens is 2. The van der Waals surface area contributed by atoms with E-state index in [1.54, 1.807) is 0 Å². The predicted octanol–water partition coefficient (Wildman–Crippen LogP) is 0.875. The van der Waals surface area contributed by atoms with Gasteiger partial charge in [-0.05, 0) is 12.8 Å². The maximum absolute atomic E-state index is 5.71. The lowest BCUT2D eigenvalue weighted by Crippen LogP contribution is -2.11. The molecular weight excluding hydrogens is 178 g/mol. The van der Waals surface area contributed by atoms with Crippen LogP contribution in [-0.2, 0) is 24.9 Å². The van der Waals surface area contributed by atoms with Crippen molar-refractivity contribution < 1.29 is 4.74 Å². The third-order valence-electron chi connectivity index (χ3n) is 3.11. The molecular formula is C10H15N3O. The minimum absolute atomic E-state index is 0.288. The van der Waals surface area contributed by atoms with Gasteiger partial charge in [-0.1, -0.05) is 0 Å². The first-order valence-corrected chi connectivity index (χ1v) is 5.23. The fraction of sp³-hybridized carbons (Fsp3) is 0.700. The zero-order valence-electron chi connectivity index (χ0n) is 8.42. The second-order valence-electron chi connectivity index (χ2n) is 4.04. The molecule has 1 aromatic rings. The van der Waals surface area contributed by atoms with E-state index in [0.717, 1.165) is 26.1 Å². The SMILES string of the molecule is Cn1nc2c(c1C1CCCO1)CNC2. The summed E-state index contributed by atoms with van der Waals surface area (Å²) in [6, 6.07) is 0. The molecule has 0 amide bonds. The first kappa shape index (κ1) is 8.44. The zero-order chi connectivity index (χ0) is 9.54. The predicted molar refractivity (Wildman–Crippen MR) is 51.7 cm³/mol. The maximum Gasteiger partial charge on any atom is 0.0995 e. The molecule has 0 aliphatic carbocycles. The van der Waals surface area contributed by atoms with Crippen molar-refractivity contribution in [2.24, 2.45) is 7.05 Å². The highest BCUT2D eigenvalue weighted by molar-refractivity contribution is 5.31. The van der Waals surface area contributed by atoms with Crippen molar-refractivity contribution in [3.8, 4) is 0 Å². The Balaban J connectivity index is 2.02. The molecule has 14 heavy (non-hydrogen) atoms. The van der Waals surface area contributed by atoms with E-state index in [9.17, 15) is 0 Å². The molecule has 1 unspecified atom stereocenters. The van der Waals surface area contributed by atoms with E-state index in [-0.39, 0.29) is 6.10 Å². The Bertz CT molecular complexity index is 352. The second-order valence-corrected chi connectivity index (χ2v) is 4.04. The summed E-state index contributed by atoms with van der Waals surface area (Å²) in [6.45, 7) is 2.77. The summed E-state index contributed by atoms with van der Waals surface area (Å²) in [5, 5.41) is 7.84. The number of fused-ring (bicyclic) bond motifs is 1. The fourth-order valence-electron chi connectivity index (χ4n) is 2.47. The van der Waals surface area contributed by atoms with Gasteiger partial charge in [0.2, 0.25) is 0 Å². The van der Waals surface area contributed by atoms with Crippen LogP contribution in [0.2, 0.25) is 0 Å². The van der Waals surface area contributed by atoms with E-state index in [1.807, 2.05) is 11.7 Å². The minimum atomic E-state index is 0.288. The van der Waals surface area contributed by atoms with Gasteiger partial charge in [-0.3, -0.25) is 4.68 Å². The first-order chi connectivity index (χ1) is 6.86. The Kier molecular flexibility index (Phi) is 1.85. The highest BCUT2D eigenvalue weighted by Gasteiger charge is 2.28. The summed E-state index contributed by atoms with van der Waals surface area (Å²) >= 11 is 0. The maximum atomic E-state index is 5.71. The van der Waals surface area contributed by atoms with Crippen LogP contribution in [0.4, 0.5) is 0 Å². The molecule has 1 atom stereocenters. The summed E-state index contributed by atoms with van der Waals surface area (Å²) in [4.78, 5) is 0. The van der Waals surface area contributed by atoms with Gasteiger partial charge in [0.15, 0.2) is 0 Å². The summed E-state index contributed by atoms with van der Waals surface area (Å²) in [6.07, 6.45) is 2.61. The summed E-state index contributed by atoms with van der Waals surface area (Å²) in [5.74, 6) is 0. The summed E-state index contributed by atoms with van der Waals surface area (Å²) in [5.41, 5.74) is 3.87. The first-order valence-electron chi connectivity index (χ1n) is 5.23. The van der Waals surface area contributed by atoms with Crippen LogP contribution < -0.4 is 5.32 Å². The lowest BCUT2D eigenvalue weighted by Gasteiger charge is -2.11. The van der Waals surface area contributed by atoms with Crippen molar-refractivity contribution in [2.75, 3.05) is 6.61 Å². The number of hydrogen-bond acceptors (Lipinski definition) is 3. The number of nitrogens with zero attached hydrogens (tertiary/aromatic N) is 2. The van der Waals surface area contributed by atoms with Crippen LogP contribution in [0.3, 0.4) is 0 Å². The Morgan fingerprint density at radius 2 is 2.43 bits per heavy atom. The van der Waals surface area contributed by atoms with Gasteiger partial charge in [-0.15, -0.1) is 0 Å². The monoisotopic (exact) mass is 193 g/mol. The van der Waals surface area contributed by atoms with Crippen molar-refractivity contribution in [3.05, 3.63) is 17.0 Å². The van der Waals surface area contributed by atoms with Gasteiger partial charge in [0.05, 0.1) is 17.5 Å². The molecule has 4 heteroatoms. The van der Waals surface area contributed by atoms with E-state index in [0.29, 0.717) is 0 Å². The lowest BCUT2D eigenvalue weighted by molar-refractivity contribution is 0.104. The minimum Gasteiger partial charge on any atom is -0.372 e. The third kappa shape index (κ3) is 1.11. The molecule has 0 bridgehead atoms. The van der Waals surface area contributed by atoms with Crippen molar-refractivity contribution in [1.29, 1.82) is 0 Å². The van der Waals surface area contributed by atoms with Gasteiger partial charge < -0.3 is 10.1 Å². The van der Waals surface area contributed by atoms with Crippen LogP contribution in [0.25, 0.3) is 0 Å². The summed E-state index contributed by atoms with van der Waals surface area (Å²) in [7, 11) is 2.02. The van der Waals surface area contributed by atoms with E-state index < -0.39 is 0 Å². The lowest BCUT2D eigenvalue weighted by atomic mass is 10.1. The molecule has 0 aromatic carbocycles. The molecule has 1 aromatic heterocycles. The number of rotatable bonds is 1. The van der Waals surface area contributed by atoms with Gasteiger partial charge >= 0.3 is 0 Å². The number of ether oxygens (including phenoxy) is 1. The van der Waals surface area contributed by atoms with Crippen molar-refractivity contribution in [1.82, 2.24) is 15.1 Å². The average molecular weight is 193 g/mol. The quantitative estimate of drug-likeness (QED) is 0.719. The molecule has 1 N–H and O–H groups in total. The average Bonchev–Trinajstić information content (AvgIpc) is 2.78. The van der Waals surface area contributed by atoms with Gasteiger partial charge in [0.25, 0.3) is 0 Å². The van der Waals surface area contributed by atoms with Crippen LogP contribution in [-0.4, -0.2) is 16.4 Å². The number of nitrogens with one attached hydrogen (secondary N) is 1. The van der Waals surface area contributed by atoms with E-state index in [2.05, 4.69) is 10.4 Å². The molecule has 2 aliphatic heterocycles. The van der Waals surface area contributed by atoms with E-state index >= 15 is 0 Å². The fourth-order valence-corrected chi connectivity index (χ4v) is 2.47. The number of hydrogen-bond donors (Lipinski definition) is 1. The molecule has 1 fully saturated rings. The normalized spacial score (nSPS) is 25.6. The van der Waals surface area contributed by atoms with Crippen LogP contribution in [0.5, 0.6) is 0 Å². The van der Waals surface area contributed by atoms with Crippen molar-refractivity contribution in [3.63, 3.8) is 0 Å². The van der Waals surface area contributed by atoms with Crippen molar-refractivity contribution in [2.45, 2.75) is 32.0 Å².